The molecule has 0 saturated carbocycles. The Kier molecular flexibility index (Phi) is 3.91. The summed E-state index contributed by atoms with van der Waals surface area (Å²) in [6.45, 7) is 4.25. The minimum absolute atomic E-state index is 0.0162. The van der Waals surface area contributed by atoms with Crippen molar-refractivity contribution in [3.05, 3.63) is 40.6 Å². The summed E-state index contributed by atoms with van der Waals surface area (Å²) in [5.41, 5.74) is 7.53. The van der Waals surface area contributed by atoms with E-state index in [4.69, 9.17) is 5.73 Å². The molecule has 0 amide bonds. The van der Waals surface area contributed by atoms with Crippen molar-refractivity contribution in [3.63, 3.8) is 0 Å². The van der Waals surface area contributed by atoms with Crippen molar-refractivity contribution in [1.29, 1.82) is 0 Å². The minimum Gasteiger partial charge on any atom is -0.320 e. The zero-order valence-corrected chi connectivity index (χ0v) is 13.7. The standard InChI is InChI=1S/C11H11Br2NS2/c1-5-3-7(6(2)15-5)10(14)9-4-8(12)11(13)16-9/h3-4,10H,14H2,1-2H3. The van der Waals surface area contributed by atoms with E-state index in [0.717, 1.165) is 8.26 Å². The summed E-state index contributed by atoms with van der Waals surface area (Å²) < 4.78 is 2.18. The molecule has 86 valence electrons. The third kappa shape index (κ3) is 2.43. The van der Waals surface area contributed by atoms with Gasteiger partial charge in [-0.25, -0.2) is 0 Å². The van der Waals surface area contributed by atoms with E-state index >= 15 is 0 Å². The highest BCUT2D eigenvalue weighted by molar-refractivity contribution is 9.13. The fourth-order valence-corrected chi connectivity index (χ4v) is 4.71. The van der Waals surface area contributed by atoms with Gasteiger partial charge in [0.25, 0.3) is 0 Å². The van der Waals surface area contributed by atoms with Gasteiger partial charge in [-0.05, 0) is 63.4 Å². The molecular formula is C11H11Br2NS2. The SMILES string of the molecule is Cc1cc(C(N)c2cc(Br)c(Br)s2)c(C)s1. The van der Waals surface area contributed by atoms with Crippen molar-refractivity contribution in [2.75, 3.05) is 0 Å². The summed E-state index contributed by atoms with van der Waals surface area (Å²) >= 11 is 10.5. The Morgan fingerprint density at radius 2 is 1.88 bits per heavy atom. The average molecular weight is 381 g/mol. The quantitative estimate of drug-likeness (QED) is 0.779. The fourth-order valence-electron chi connectivity index (χ4n) is 1.63. The average Bonchev–Trinajstić information content (AvgIpc) is 2.70. The summed E-state index contributed by atoms with van der Waals surface area (Å²) in [6.07, 6.45) is 0. The molecular weight excluding hydrogens is 370 g/mol. The number of aryl methyl sites for hydroxylation is 2. The number of halogens is 2. The highest BCUT2D eigenvalue weighted by Crippen LogP contribution is 2.38. The summed E-state index contributed by atoms with van der Waals surface area (Å²) in [7, 11) is 0. The third-order valence-electron chi connectivity index (χ3n) is 2.39. The van der Waals surface area contributed by atoms with E-state index in [1.165, 1.54) is 20.2 Å². The number of hydrogen-bond acceptors (Lipinski definition) is 3. The topological polar surface area (TPSA) is 26.0 Å². The highest BCUT2D eigenvalue weighted by atomic mass is 79.9. The van der Waals surface area contributed by atoms with Crippen LogP contribution < -0.4 is 5.73 Å². The fraction of sp³-hybridized carbons (Fsp3) is 0.273. The number of hydrogen-bond donors (Lipinski definition) is 1. The van der Waals surface area contributed by atoms with Gasteiger partial charge in [-0.1, -0.05) is 0 Å². The van der Waals surface area contributed by atoms with Crippen molar-refractivity contribution in [2.24, 2.45) is 5.73 Å². The van der Waals surface area contributed by atoms with Crippen molar-refractivity contribution < 1.29 is 0 Å². The summed E-state index contributed by atoms with van der Waals surface area (Å²) in [5.74, 6) is 0. The molecule has 0 aliphatic rings. The van der Waals surface area contributed by atoms with E-state index in [2.05, 4.69) is 57.8 Å². The van der Waals surface area contributed by atoms with Gasteiger partial charge in [0.2, 0.25) is 0 Å². The third-order valence-corrected chi connectivity index (χ3v) is 6.71. The van der Waals surface area contributed by atoms with E-state index in [-0.39, 0.29) is 6.04 Å². The van der Waals surface area contributed by atoms with Crippen LogP contribution in [0.2, 0.25) is 0 Å². The van der Waals surface area contributed by atoms with Gasteiger partial charge >= 0.3 is 0 Å². The predicted octanol–water partition coefficient (Wildman–Crippen LogP) is 5.00. The van der Waals surface area contributed by atoms with E-state index in [9.17, 15) is 0 Å². The number of thiophene rings is 2. The maximum absolute atomic E-state index is 6.29. The molecule has 2 aromatic heterocycles. The molecule has 1 nitrogen and oxygen atoms in total. The lowest BCUT2D eigenvalue weighted by molar-refractivity contribution is 0.890. The van der Waals surface area contributed by atoms with Crippen LogP contribution in [-0.4, -0.2) is 0 Å². The van der Waals surface area contributed by atoms with Gasteiger partial charge in [0.05, 0.1) is 9.83 Å². The van der Waals surface area contributed by atoms with Crippen LogP contribution in [-0.2, 0) is 0 Å². The maximum Gasteiger partial charge on any atom is 0.0843 e. The van der Waals surface area contributed by atoms with Gasteiger partial charge in [-0.15, -0.1) is 22.7 Å². The second kappa shape index (κ2) is 4.90. The second-order valence-electron chi connectivity index (χ2n) is 3.62. The molecule has 0 aliphatic heterocycles. The zero-order chi connectivity index (χ0) is 11.9. The van der Waals surface area contributed by atoms with Crippen molar-refractivity contribution in [1.82, 2.24) is 0 Å². The predicted molar refractivity (Wildman–Crippen MR) is 79.5 cm³/mol. The molecule has 5 heteroatoms. The Morgan fingerprint density at radius 1 is 1.19 bits per heavy atom. The van der Waals surface area contributed by atoms with E-state index in [1.54, 1.807) is 22.7 Å². The van der Waals surface area contributed by atoms with Crippen molar-refractivity contribution >= 4 is 54.5 Å². The van der Waals surface area contributed by atoms with Crippen LogP contribution in [0.3, 0.4) is 0 Å². The van der Waals surface area contributed by atoms with Crippen LogP contribution in [0, 0.1) is 13.8 Å². The molecule has 2 heterocycles. The van der Waals surface area contributed by atoms with Gasteiger partial charge in [-0.3, -0.25) is 0 Å². The largest absolute Gasteiger partial charge is 0.320 e. The lowest BCUT2D eigenvalue weighted by atomic mass is 10.1. The van der Waals surface area contributed by atoms with E-state index in [0.29, 0.717) is 0 Å². The Labute approximate surface area is 120 Å². The van der Waals surface area contributed by atoms with E-state index < -0.39 is 0 Å². The Bertz CT molecular complexity index is 497. The van der Waals surface area contributed by atoms with E-state index in [1.807, 2.05) is 0 Å². The minimum atomic E-state index is -0.0162. The van der Waals surface area contributed by atoms with Crippen molar-refractivity contribution in [3.8, 4) is 0 Å². The molecule has 0 aromatic carbocycles. The van der Waals surface area contributed by atoms with Crippen LogP contribution >= 0.6 is 54.5 Å². The first-order valence-electron chi connectivity index (χ1n) is 4.76. The van der Waals surface area contributed by atoms with Crippen molar-refractivity contribution in [2.45, 2.75) is 19.9 Å². The van der Waals surface area contributed by atoms with Gasteiger partial charge < -0.3 is 5.73 Å². The molecule has 0 saturated heterocycles. The normalized spacial score (nSPS) is 13.1. The lowest BCUT2D eigenvalue weighted by Crippen LogP contribution is -2.10. The van der Waals surface area contributed by atoms with Crippen LogP contribution in [0.4, 0.5) is 0 Å². The van der Waals surface area contributed by atoms with Crippen LogP contribution in [0.1, 0.15) is 26.2 Å². The van der Waals surface area contributed by atoms with Gasteiger partial charge in [0.15, 0.2) is 0 Å². The molecule has 0 aliphatic carbocycles. The molecule has 0 spiro atoms. The highest BCUT2D eigenvalue weighted by Gasteiger charge is 2.17. The number of nitrogens with two attached hydrogens (primary N) is 1. The maximum atomic E-state index is 6.29. The molecule has 2 aromatic rings. The molecule has 2 rings (SSSR count). The van der Waals surface area contributed by atoms with Crippen LogP contribution in [0.5, 0.6) is 0 Å². The Morgan fingerprint density at radius 3 is 2.31 bits per heavy atom. The summed E-state index contributed by atoms with van der Waals surface area (Å²) in [5, 5.41) is 0. The monoisotopic (exact) mass is 379 g/mol. The summed E-state index contributed by atoms with van der Waals surface area (Å²) in [4.78, 5) is 3.81. The molecule has 0 bridgehead atoms. The molecule has 1 unspecified atom stereocenters. The molecule has 1 atom stereocenters. The van der Waals surface area contributed by atoms with Crippen LogP contribution in [0.25, 0.3) is 0 Å². The first-order valence-corrected chi connectivity index (χ1v) is 7.98. The number of rotatable bonds is 2. The molecule has 0 radical (unpaired) electrons. The zero-order valence-electron chi connectivity index (χ0n) is 8.88. The smallest absolute Gasteiger partial charge is 0.0843 e. The first-order chi connectivity index (χ1) is 7.49. The second-order valence-corrected chi connectivity index (χ2v) is 8.33. The van der Waals surface area contributed by atoms with Gasteiger partial charge in [-0.2, -0.15) is 0 Å². The molecule has 2 N–H and O–H groups in total. The van der Waals surface area contributed by atoms with Gasteiger partial charge in [0, 0.05) is 19.1 Å². The van der Waals surface area contributed by atoms with Gasteiger partial charge in [0.1, 0.15) is 0 Å². The Balaban J connectivity index is 2.38. The molecule has 0 fully saturated rings. The first kappa shape index (κ1) is 12.8. The lowest BCUT2D eigenvalue weighted by Gasteiger charge is -2.08. The van der Waals surface area contributed by atoms with Crippen LogP contribution in [0.15, 0.2) is 20.4 Å². The summed E-state index contributed by atoms with van der Waals surface area (Å²) in [6, 6.07) is 4.26. The Hall–Kier alpha value is 0.320. The molecule has 16 heavy (non-hydrogen) atoms.